The maximum absolute atomic E-state index is 9.00. The van der Waals surface area contributed by atoms with Crippen LogP contribution in [0, 0.1) is 0 Å². The number of hydrogen-bond acceptors (Lipinski definition) is 1. The van der Waals surface area contributed by atoms with Crippen LogP contribution in [0.15, 0.2) is 0 Å². The fourth-order valence-corrected chi connectivity index (χ4v) is 0. The molecule has 0 saturated carbocycles. The van der Waals surface area contributed by atoms with Gasteiger partial charge in [0.1, 0.15) is 0 Å². The summed E-state index contributed by atoms with van der Waals surface area (Å²) in [5.74, 6) is -0.833. The minimum atomic E-state index is -0.833. The molecule has 0 aromatic carbocycles. The number of hydrogen-bond donors (Lipinski definition) is 1. The van der Waals surface area contributed by atoms with E-state index in [1.54, 1.807) is 0 Å². The Morgan fingerprint density at radius 1 is 1.67 bits per heavy atom. The molecule has 0 aromatic rings. The van der Waals surface area contributed by atoms with Crippen LogP contribution < -0.4 is 0 Å². The molecule has 0 aliphatic carbocycles. The van der Waals surface area contributed by atoms with Crippen molar-refractivity contribution in [3.8, 4) is 0 Å². The monoisotopic (exact) mass is 263 g/mol. The van der Waals surface area contributed by atoms with E-state index in [0.29, 0.717) is 0 Å². The van der Waals surface area contributed by atoms with Crippen molar-refractivity contribution >= 4 is 5.97 Å². The van der Waals surface area contributed by atoms with Crippen molar-refractivity contribution in [1.82, 2.24) is 0 Å². The third-order valence-corrected chi connectivity index (χ3v) is 0. The number of carboxylic acids is 1. The van der Waals surface area contributed by atoms with Gasteiger partial charge in [-0.2, -0.15) is 0 Å². The molecule has 0 aliphatic rings. The Morgan fingerprint density at radius 3 is 1.67 bits per heavy atom. The standard InChI is InChI=1S/C2H4O2.CH4.Re/c1-2(3)4;;/h1H3,(H,3,4);1H4;. The molecule has 0 heterocycles. The van der Waals surface area contributed by atoms with Crippen LogP contribution in [0.25, 0.3) is 0 Å². The van der Waals surface area contributed by atoms with E-state index in [2.05, 4.69) is 0 Å². The van der Waals surface area contributed by atoms with Gasteiger partial charge in [0.05, 0.1) is 0 Å². The van der Waals surface area contributed by atoms with Crippen molar-refractivity contribution in [1.29, 1.82) is 0 Å². The summed E-state index contributed by atoms with van der Waals surface area (Å²) in [5.41, 5.74) is 0. The van der Waals surface area contributed by atoms with Gasteiger partial charge >= 0.3 is 0 Å². The molecule has 0 atom stereocenters. The van der Waals surface area contributed by atoms with Gasteiger partial charge in [-0.15, -0.1) is 0 Å². The van der Waals surface area contributed by atoms with Crippen LogP contribution in [-0.2, 0) is 25.2 Å². The molecule has 0 rings (SSSR count). The zero-order chi connectivity index (χ0) is 3.58. The van der Waals surface area contributed by atoms with Crippen molar-refractivity contribution in [3.63, 3.8) is 0 Å². The molecule has 0 aromatic heterocycles. The summed E-state index contributed by atoms with van der Waals surface area (Å²) < 4.78 is 0. The second kappa shape index (κ2) is 8.93. The first kappa shape index (κ1) is 16.5. The maximum atomic E-state index is 9.00. The molecule has 0 saturated heterocycles. The van der Waals surface area contributed by atoms with E-state index in [0.717, 1.165) is 6.92 Å². The first-order chi connectivity index (χ1) is 1.73. The quantitative estimate of drug-likeness (QED) is 0.698. The molecule has 0 bridgehead atoms. The number of carboxylic acid groups (broad SMARTS) is 1. The Morgan fingerprint density at radius 2 is 1.67 bits per heavy atom. The van der Waals surface area contributed by atoms with E-state index in [9.17, 15) is 0 Å². The van der Waals surface area contributed by atoms with Crippen molar-refractivity contribution in [2.24, 2.45) is 0 Å². The van der Waals surface area contributed by atoms with Gasteiger partial charge in [0.25, 0.3) is 5.97 Å². The summed E-state index contributed by atoms with van der Waals surface area (Å²) in [6.07, 6.45) is 0. The third kappa shape index (κ3) is 2320. The molecule has 1 radical (unpaired) electrons. The van der Waals surface area contributed by atoms with Gasteiger partial charge in [-0.1, -0.05) is 7.43 Å². The van der Waals surface area contributed by atoms with Gasteiger partial charge < -0.3 is 5.11 Å². The predicted molar refractivity (Wildman–Crippen MR) is 20.0 cm³/mol. The maximum Gasteiger partial charge on any atom is 0.300 e. The van der Waals surface area contributed by atoms with E-state index in [1.165, 1.54) is 0 Å². The van der Waals surface area contributed by atoms with Gasteiger partial charge in [-0.3, -0.25) is 4.79 Å². The van der Waals surface area contributed by atoms with Gasteiger partial charge in [0.2, 0.25) is 0 Å². The minimum absolute atomic E-state index is 0. The smallest absolute Gasteiger partial charge is 0.300 e. The Labute approximate surface area is 51.2 Å². The zero-order valence-corrected chi connectivity index (χ0v) is 5.45. The van der Waals surface area contributed by atoms with Crippen molar-refractivity contribution in [3.05, 3.63) is 0 Å². The molecule has 0 fully saturated rings. The normalized spacial score (nSPS) is 4.17. The summed E-state index contributed by atoms with van der Waals surface area (Å²) in [6, 6.07) is 0. The fourth-order valence-electron chi connectivity index (χ4n) is 0. The Balaban J connectivity index is -0.0000000450. The van der Waals surface area contributed by atoms with Crippen molar-refractivity contribution in [2.75, 3.05) is 0 Å². The van der Waals surface area contributed by atoms with Gasteiger partial charge in [0, 0.05) is 27.3 Å². The third-order valence-electron chi connectivity index (χ3n) is 0. The Hall–Kier alpha value is 0.132. The molecule has 0 unspecified atom stereocenters. The van der Waals surface area contributed by atoms with E-state index in [-0.39, 0.29) is 27.8 Å². The summed E-state index contributed by atoms with van der Waals surface area (Å²) in [6.45, 7) is 1.08. The fraction of sp³-hybridized carbons (Fsp3) is 0.667. The van der Waals surface area contributed by atoms with E-state index < -0.39 is 5.97 Å². The Kier molecular flexibility index (Phi) is 24.5. The molecular formula is C3H8O2Re. The van der Waals surface area contributed by atoms with Gasteiger partial charge in [-0.25, -0.2) is 0 Å². The van der Waals surface area contributed by atoms with Crippen LogP contribution in [0.2, 0.25) is 0 Å². The van der Waals surface area contributed by atoms with Crippen molar-refractivity contribution < 1.29 is 30.3 Å². The SMILES string of the molecule is C.CC(=O)O.[Re]. The number of aliphatic carboxylic acids is 1. The molecule has 2 nitrogen and oxygen atoms in total. The number of rotatable bonds is 0. The van der Waals surface area contributed by atoms with Crippen LogP contribution in [-0.4, -0.2) is 11.1 Å². The molecule has 0 aliphatic heterocycles. The second-order valence-corrected chi connectivity index (χ2v) is 0.519. The average Bonchev–Trinajstić information content (AvgIpc) is 0.811. The van der Waals surface area contributed by atoms with Crippen LogP contribution in [0.5, 0.6) is 0 Å². The molecule has 6 heavy (non-hydrogen) atoms. The summed E-state index contributed by atoms with van der Waals surface area (Å²) in [7, 11) is 0. The molecule has 0 amide bonds. The minimum Gasteiger partial charge on any atom is -0.481 e. The van der Waals surface area contributed by atoms with Crippen LogP contribution in [0.3, 0.4) is 0 Å². The van der Waals surface area contributed by atoms with Crippen LogP contribution in [0.1, 0.15) is 14.4 Å². The largest absolute Gasteiger partial charge is 0.481 e. The van der Waals surface area contributed by atoms with Crippen LogP contribution in [0.4, 0.5) is 0 Å². The average molecular weight is 262 g/mol. The first-order valence-electron chi connectivity index (χ1n) is 0.928. The summed E-state index contributed by atoms with van der Waals surface area (Å²) in [4.78, 5) is 9.00. The second-order valence-electron chi connectivity index (χ2n) is 0.519. The zero-order valence-electron chi connectivity index (χ0n) is 2.73. The van der Waals surface area contributed by atoms with E-state index in [1.807, 2.05) is 0 Å². The van der Waals surface area contributed by atoms with Crippen molar-refractivity contribution in [2.45, 2.75) is 14.4 Å². The van der Waals surface area contributed by atoms with Crippen LogP contribution >= 0.6 is 0 Å². The van der Waals surface area contributed by atoms with E-state index >= 15 is 0 Å². The predicted octanol–water partition coefficient (Wildman–Crippen LogP) is 0.724. The topological polar surface area (TPSA) is 37.3 Å². The number of carbonyl (C=O) groups is 1. The van der Waals surface area contributed by atoms with E-state index in [4.69, 9.17) is 9.90 Å². The first-order valence-corrected chi connectivity index (χ1v) is 0.928. The summed E-state index contributed by atoms with van der Waals surface area (Å²) in [5, 5.41) is 7.42. The molecule has 39 valence electrons. The van der Waals surface area contributed by atoms with Gasteiger partial charge in [-0.05, 0) is 0 Å². The Bertz CT molecular complexity index is 31.8. The molecular weight excluding hydrogens is 254 g/mol. The molecule has 1 N–H and O–H groups in total. The molecule has 3 heteroatoms. The summed E-state index contributed by atoms with van der Waals surface area (Å²) >= 11 is 0. The van der Waals surface area contributed by atoms with Gasteiger partial charge in [0.15, 0.2) is 0 Å². The molecule has 0 spiro atoms.